The maximum Gasteiger partial charge on any atom is 0.257 e. The molecular weight excluding hydrogens is 350 g/mol. The third-order valence-electron chi connectivity index (χ3n) is 3.33. The summed E-state index contributed by atoms with van der Waals surface area (Å²) in [5.41, 5.74) is 6.60. The Hall–Kier alpha value is -2.93. The van der Waals surface area contributed by atoms with Crippen molar-refractivity contribution in [2.75, 3.05) is 11.9 Å². The molecule has 0 bridgehead atoms. The zero-order valence-electron chi connectivity index (χ0n) is 14.6. The predicted octanol–water partition coefficient (Wildman–Crippen LogP) is 2.95. The van der Waals surface area contributed by atoms with E-state index in [2.05, 4.69) is 24.5 Å². The lowest BCUT2D eigenvalue weighted by Gasteiger charge is -2.11. The highest BCUT2D eigenvalue weighted by molar-refractivity contribution is 7.80. The summed E-state index contributed by atoms with van der Waals surface area (Å²) in [5.74, 6) is 0.251. The highest BCUT2D eigenvalue weighted by atomic mass is 32.1. The molecule has 0 aliphatic heterocycles. The van der Waals surface area contributed by atoms with Gasteiger partial charge in [-0.1, -0.05) is 19.9 Å². The Kier molecular flexibility index (Phi) is 6.68. The highest BCUT2D eigenvalue weighted by Crippen LogP contribution is 2.14. The number of carbonyl (C=O) groups is 2. The van der Waals surface area contributed by atoms with E-state index in [4.69, 9.17) is 22.7 Å². The highest BCUT2D eigenvalue weighted by Gasteiger charge is 2.09. The first kappa shape index (κ1) is 19.4. The van der Waals surface area contributed by atoms with E-state index in [9.17, 15) is 9.59 Å². The molecule has 2 aromatic carbocycles. The molecule has 0 aromatic heterocycles. The van der Waals surface area contributed by atoms with Gasteiger partial charge < -0.3 is 15.8 Å². The fraction of sp³-hybridized carbons (Fsp3) is 0.211. The molecule has 0 atom stereocenters. The number of hydrogen-bond acceptors (Lipinski definition) is 4. The molecule has 7 heteroatoms. The zero-order valence-corrected chi connectivity index (χ0v) is 15.4. The van der Waals surface area contributed by atoms with Crippen molar-refractivity contribution in [3.8, 4) is 5.75 Å². The monoisotopic (exact) mass is 371 g/mol. The maximum absolute atomic E-state index is 12.2. The van der Waals surface area contributed by atoms with E-state index >= 15 is 0 Å². The third-order valence-corrected chi connectivity index (χ3v) is 3.54. The van der Waals surface area contributed by atoms with Gasteiger partial charge in [0.15, 0.2) is 5.11 Å². The summed E-state index contributed by atoms with van der Waals surface area (Å²) in [4.78, 5) is 23.4. The van der Waals surface area contributed by atoms with Crippen molar-refractivity contribution in [1.29, 1.82) is 0 Å². The lowest BCUT2D eigenvalue weighted by Crippen LogP contribution is -2.34. The fourth-order valence-electron chi connectivity index (χ4n) is 2.05. The number of thiocarbonyl (C=S) groups is 1. The van der Waals surface area contributed by atoms with Crippen LogP contribution in [0.4, 0.5) is 5.69 Å². The standard InChI is InChI=1S/C19H21N3O3S/c1-12(2)11-25-16-8-6-13(7-9-16)18(24)22-19(26)21-15-5-3-4-14(10-15)17(20)23/h3-10,12H,11H2,1-2H3,(H2,20,23)(H2,21,22,24,26). The van der Waals surface area contributed by atoms with Crippen LogP contribution in [-0.4, -0.2) is 23.5 Å². The number of primary amides is 1. The number of anilines is 1. The molecule has 26 heavy (non-hydrogen) atoms. The number of nitrogens with two attached hydrogens (primary N) is 1. The Morgan fingerprint density at radius 2 is 1.81 bits per heavy atom. The normalized spacial score (nSPS) is 10.3. The second kappa shape index (κ2) is 8.96. The molecule has 0 heterocycles. The summed E-state index contributed by atoms with van der Waals surface area (Å²) in [6, 6.07) is 13.4. The Morgan fingerprint density at radius 1 is 1.12 bits per heavy atom. The van der Waals surface area contributed by atoms with Crippen molar-refractivity contribution in [3.05, 3.63) is 59.7 Å². The van der Waals surface area contributed by atoms with Crippen molar-refractivity contribution < 1.29 is 14.3 Å². The summed E-state index contributed by atoms with van der Waals surface area (Å²) in [6.07, 6.45) is 0. The number of hydrogen-bond donors (Lipinski definition) is 3. The molecule has 2 amide bonds. The van der Waals surface area contributed by atoms with Gasteiger partial charge in [0.1, 0.15) is 5.75 Å². The van der Waals surface area contributed by atoms with Crippen molar-refractivity contribution in [3.63, 3.8) is 0 Å². The second-order valence-electron chi connectivity index (χ2n) is 6.08. The van der Waals surface area contributed by atoms with Gasteiger partial charge in [-0.3, -0.25) is 14.9 Å². The molecule has 0 saturated heterocycles. The van der Waals surface area contributed by atoms with Gasteiger partial charge >= 0.3 is 0 Å². The molecule has 4 N–H and O–H groups in total. The number of amides is 2. The summed E-state index contributed by atoms with van der Waals surface area (Å²) in [6.45, 7) is 4.74. The van der Waals surface area contributed by atoms with Gasteiger partial charge in [0, 0.05) is 16.8 Å². The van der Waals surface area contributed by atoms with E-state index < -0.39 is 5.91 Å². The minimum atomic E-state index is -0.539. The Bertz CT molecular complexity index is 804. The molecule has 0 unspecified atom stereocenters. The number of ether oxygens (including phenoxy) is 1. The van der Waals surface area contributed by atoms with Crippen LogP contribution in [0.5, 0.6) is 5.75 Å². The van der Waals surface area contributed by atoms with Gasteiger partial charge in [0.05, 0.1) is 6.61 Å². The van der Waals surface area contributed by atoms with E-state index in [0.29, 0.717) is 35.1 Å². The van der Waals surface area contributed by atoms with Crippen LogP contribution in [0.15, 0.2) is 48.5 Å². The molecular formula is C19H21N3O3S. The molecule has 0 fully saturated rings. The van der Waals surface area contributed by atoms with Crippen LogP contribution in [0.2, 0.25) is 0 Å². The third kappa shape index (κ3) is 5.86. The first-order valence-electron chi connectivity index (χ1n) is 8.10. The van der Waals surface area contributed by atoms with Crippen molar-refractivity contribution in [2.24, 2.45) is 11.7 Å². The SMILES string of the molecule is CC(C)COc1ccc(C(=O)NC(=S)Nc2cccc(C(N)=O)c2)cc1. The molecule has 0 aliphatic rings. The summed E-state index contributed by atoms with van der Waals surface area (Å²) >= 11 is 5.13. The molecule has 2 aromatic rings. The first-order chi connectivity index (χ1) is 12.3. The lowest BCUT2D eigenvalue weighted by molar-refractivity contribution is 0.0974. The maximum atomic E-state index is 12.2. The van der Waals surface area contributed by atoms with E-state index in [0.717, 1.165) is 0 Å². The van der Waals surface area contributed by atoms with Crippen molar-refractivity contribution in [2.45, 2.75) is 13.8 Å². The van der Waals surface area contributed by atoms with E-state index in [1.165, 1.54) is 0 Å². The number of benzene rings is 2. The van der Waals surface area contributed by atoms with Crippen molar-refractivity contribution in [1.82, 2.24) is 5.32 Å². The van der Waals surface area contributed by atoms with Crippen LogP contribution in [0, 0.1) is 5.92 Å². The Morgan fingerprint density at radius 3 is 2.42 bits per heavy atom. The molecule has 0 aliphatic carbocycles. The quantitative estimate of drug-likeness (QED) is 0.679. The number of rotatable bonds is 6. The molecule has 136 valence electrons. The average Bonchev–Trinajstić information content (AvgIpc) is 2.60. The largest absolute Gasteiger partial charge is 0.493 e. The smallest absolute Gasteiger partial charge is 0.257 e. The van der Waals surface area contributed by atoms with Gasteiger partial charge in [-0.2, -0.15) is 0 Å². The summed E-state index contributed by atoms with van der Waals surface area (Å²) in [5, 5.41) is 5.56. The van der Waals surface area contributed by atoms with Crippen LogP contribution in [0.3, 0.4) is 0 Å². The lowest BCUT2D eigenvalue weighted by atomic mass is 10.2. The minimum absolute atomic E-state index is 0.122. The minimum Gasteiger partial charge on any atom is -0.493 e. The average molecular weight is 371 g/mol. The van der Waals surface area contributed by atoms with Crippen LogP contribution < -0.4 is 21.1 Å². The second-order valence-corrected chi connectivity index (χ2v) is 6.49. The van der Waals surface area contributed by atoms with Crippen LogP contribution in [0.25, 0.3) is 0 Å². The molecule has 0 spiro atoms. The van der Waals surface area contributed by atoms with Gasteiger partial charge in [0.25, 0.3) is 5.91 Å². The predicted molar refractivity (Wildman–Crippen MR) is 105 cm³/mol. The molecule has 2 rings (SSSR count). The van der Waals surface area contributed by atoms with Gasteiger partial charge in [-0.05, 0) is 60.6 Å². The van der Waals surface area contributed by atoms with Crippen LogP contribution in [0.1, 0.15) is 34.6 Å². The van der Waals surface area contributed by atoms with Gasteiger partial charge in [-0.25, -0.2) is 0 Å². The topological polar surface area (TPSA) is 93.4 Å². The summed E-state index contributed by atoms with van der Waals surface area (Å²) in [7, 11) is 0. The molecule has 0 radical (unpaired) electrons. The zero-order chi connectivity index (χ0) is 19.1. The molecule has 6 nitrogen and oxygen atoms in total. The van der Waals surface area contributed by atoms with E-state index in [-0.39, 0.29) is 11.0 Å². The van der Waals surface area contributed by atoms with E-state index in [1.54, 1.807) is 48.5 Å². The van der Waals surface area contributed by atoms with Gasteiger partial charge in [0.2, 0.25) is 5.91 Å². The number of nitrogens with one attached hydrogen (secondary N) is 2. The van der Waals surface area contributed by atoms with Crippen LogP contribution >= 0.6 is 12.2 Å². The Balaban J connectivity index is 1.93. The molecule has 0 saturated carbocycles. The van der Waals surface area contributed by atoms with Gasteiger partial charge in [-0.15, -0.1) is 0 Å². The van der Waals surface area contributed by atoms with Crippen molar-refractivity contribution >= 4 is 34.8 Å². The van der Waals surface area contributed by atoms with E-state index in [1.807, 2.05) is 0 Å². The fourth-order valence-corrected chi connectivity index (χ4v) is 2.26. The first-order valence-corrected chi connectivity index (χ1v) is 8.51. The Labute approximate surface area is 157 Å². The summed E-state index contributed by atoms with van der Waals surface area (Å²) < 4.78 is 5.59. The van der Waals surface area contributed by atoms with Crippen LogP contribution in [-0.2, 0) is 0 Å². The number of carbonyl (C=O) groups excluding carboxylic acids is 2.